The predicted molar refractivity (Wildman–Crippen MR) is 146 cm³/mol. The summed E-state index contributed by atoms with van der Waals surface area (Å²) in [6.07, 6.45) is 0.179. The van der Waals surface area contributed by atoms with Gasteiger partial charge in [0.25, 0.3) is 0 Å². The van der Waals surface area contributed by atoms with Gasteiger partial charge >= 0.3 is 5.92 Å². The maximum Gasteiger partial charge on any atom is 0.302 e. The minimum atomic E-state index is -3.51. The molecule has 1 aliphatic rings. The van der Waals surface area contributed by atoms with Crippen LogP contribution in [0.2, 0.25) is 0 Å². The molecule has 0 saturated carbocycles. The lowest BCUT2D eigenvalue weighted by atomic mass is 9.96. The molecule has 2 aromatic carbocycles. The van der Waals surface area contributed by atoms with Crippen molar-refractivity contribution in [2.45, 2.75) is 31.9 Å². The minimum absolute atomic E-state index is 0.00406. The highest BCUT2D eigenvalue weighted by atomic mass is 19.3. The number of methoxy groups -OCH3 is 2. The highest BCUT2D eigenvalue weighted by Gasteiger charge is 2.46. The van der Waals surface area contributed by atoms with Crippen molar-refractivity contribution < 1.29 is 32.1 Å². The number of ether oxygens (including phenoxy) is 4. The van der Waals surface area contributed by atoms with E-state index in [2.05, 4.69) is 15.3 Å². The van der Waals surface area contributed by atoms with Gasteiger partial charge in [-0.05, 0) is 33.0 Å². The number of amidine groups is 1. The van der Waals surface area contributed by atoms with Gasteiger partial charge in [0.15, 0.2) is 11.5 Å². The molecule has 11 heteroatoms. The number of hydrogen-bond donors (Lipinski definition) is 1. The molecule has 1 heterocycles. The van der Waals surface area contributed by atoms with E-state index in [4.69, 9.17) is 18.9 Å². The fourth-order valence-corrected chi connectivity index (χ4v) is 4.35. The van der Waals surface area contributed by atoms with Crippen molar-refractivity contribution in [3.8, 4) is 11.5 Å². The van der Waals surface area contributed by atoms with Crippen molar-refractivity contribution in [3.05, 3.63) is 52.8 Å². The lowest BCUT2D eigenvalue weighted by Crippen LogP contribution is -2.48. The third-order valence-electron chi connectivity index (χ3n) is 6.46. The Labute approximate surface area is 227 Å². The van der Waals surface area contributed by atoms with Gasteiger partial charge in [-0.2, -0.15) is 8.78 Å². The smallest absolute Gasteiger partial charge is 0.302 e. The number of rotatable bonds is 11. The summed E-state index contributed by atoms with van der Waals surface area (Å²) in [6.45, 7) is 4.82. The number of aliphatic imine (C=N–C) groups is 2. The van der Waals surface area contributed by atoms with Crippen LogP contribution in [-0.2, 0) is 15.4 Å². The number of alkyl halides is 2. The van der Waals surface area contributed by atoms with Crippen LogP contribution in [-0.4, -0.2) is 84.3 Å². The van der Waals surface area contributed by atoms with Crippen molar-refractivity contribution in [1.82, 2.24) is 10.2 Å². The van der Waals surface area contributed by atoms with Crippen molar-refractivity contribution in [1.29, 1.82) is 0 Å². The maximum atomic E-state index is 15.7. The molecule has 0 radical (unpaired) electrons. The van der Waals surface area contributed by atoms with Crippen LogP contribution in [0.15, 0.2) is 40.3 Å². The SMILES string of the molecule is C/C=N/c1cc(OC)c(OCCOC)cc1/C(=N\C)N[C@H](C)c1cccc(C(F)(F)C2CN(C)CCO2)c1F. The van der Waals surface area contributed by atoms with Crippen LogP contribution in [0.1, 0.15) is 36.6 Å². The van der Waals surface area contributed by atoms with Gasteiger partial charge in [-0.1, -0.05) is 12.1 Å². The van der Waals surface area contributed by atoms with E-state index in [-0.39, 0.29) is 25.3 Å². The molecule has 1 aliphatic heterocycles. The summed E-state index contributed by atoms with van der Waals surface area (Å²) in [6, 6.07) is 6.73. The van der Waals surface area contributed by atoms with Crippen LogP contribution < -0.4 is 14.8 Å². The third-order valence-corrected chi connectivity index (χ3v) is 6.46. The first-order valence-electron chi connectivity index (χ1n) is 12.7. The van der Waals surface area contributed by atoms with E-state index in [1.165, 1.54) is 19.2 Å². The first kappa shape index (κ1) is 30.4. The zero-order chi connectivity index (χ0) is 28.6. The standard InChI is InChI=1S/C28H37F3N4O4/c1-7-33-22-16-23(37-6)24(38-14-13-36-5)15-20(22)27(32-3)34-18(2)19-9-8-10-21(26(19)29)28(30,31)25-17-35(4)11-12-39-25/h7-10,15-16,18,25H,11-14,17H2,1-6H3,(H,32,34)/b33-7+/t18-,25?/m1/s1. The number of nitrogens with zero attached hydrogens (tertiary/aromatic N) is 3. The number of nitrogens with one attached hydrogen (secondary N) is 1. The molecule has 1 saturated heterocycles. The van der Waals surface area contributed by atoms with Crippen molar-refractivity contribution in [3.63, 3.8) is 0 Å². The van der Waals surface area contributed by atoms with Crippen LogP contribution in [0.25, 0.3) is 0 Å². The third kappa shape index (κ3) is 7.09. The average Bonchev–Trinajstić information content (AvgIpc) is 2.92. The number of benzene rings is 2. The Kier molecular flexibility index (Phi) is 10.7. The molecule has 2 aromatic rings. The summed E-state index contributed by atoms with van der Waals surface area (Å²) in [5.74, 6) is -3.21. The highest BCUT2D eigenvalue weighted by Crippen LogP contribution is 2.39. The van der Waals surface area contributed by atoms with Gasteiger partial charge in [0, 0.05) is 50.7 Å². The van der Waals surface area contributed by atoms with Crippen LogP contribution in [0.5, 0.6) is 11.5 Å². The Hall–Kier alpha value is -3.15. The van der Waals surface area contributed by atoms with Crippen LogP contribution in [0.3, 0.4) is 0 Å². The van der Waals surface area contributed by atoms with Gasteiger partial charge in [0.1, 0.15) is 24.4 Å². The summed E-state index contributed by atoms with van der Waals surface area (Å²) < 4.78 is 68.2. The maximum absolute atomic E-state index is 15.7. The molecule has 0 aliphatic carbocycles. The molecular formula is C28H37F3N4O4. The molecule has 1 fully saturated rings. The molecule has 3 rings (SSSR count). The monoisotopic (exact) mass is 550 g/mol. The molecule has 8 nitrogen and oxygen atoms in total. The second kappa shape index (κ2) is 13.8. The van der Waals surface area contributed by atoms with Gasteiger partial charge in [-0.25, -0.2) is 4.39 Å². The minimum Gasteiger partial charge on any atom is -0.493 e. The number of hydrogen-bond acceptors (Lipinski definition) is 7. The van der Waals surface area contributed by atoms with Crippen molar-refractivity contribution in [2.75, 3.05) is 61.2 Å². The van der Waals surface area contributed by atoms with E-state index < -0.39 is 29.4 Å². The average molecular weight is 551 g/mol. The number of morpholine rings is 1. The molecule has 0 bridgehead atoms. The van der Waals surface area contributed by atoms with Gasteiger partial charge in [0.2, 0.25) is 0 Å². The number of likely N-dealkylation sites (N-methyl/N-ethyl adjacent to an activating group) is 1. The van der Waals surface area contributed by atoms with Gasteiger partial charge in [-0.3, -0.25) is 9.98 Å². The summed E-state index contributed by atoms with van der Waals surface area (Å²) in [5, 5.41) is 3.17. The second-order valence-electron chi connectivity index (χ2n) is 9.14. The first-order chi connectivity index (χ1) is 18.7. The Bertz CT molecular complexity index is 1180. The van der Waals surface area contributed by atoms with Crippen molar-refractivity contribution in [2.24, 2.45) is 9.98 Å². The van der Waals surface area contributed by atoms with E-state index >= 15 is 13.2 Å². The zero-order valence-electron chi connectivity index (χ0n) is 23.3. The topological polar surface area (TPSA) is 76.9 Å². The van der Waals surface area contributed by atoms with E-state index in [0.29, 0.717) is 41.7 Å². The van der Waals surface area contributed by atoms with E-state index in [1.54, 1.807) is 58.3 Å². The molecule has 1 unspecified atom stereocenters. The second-order valence-corrected chi connectivity index (χ2v) is 9.14. The quantitative estimate of drug-likeness (QED) is 0.248. The fourth-order valence-electron chi connectivity index (χ4n) is 4.35. The molecule has 0 spiro atoms. The molecule has 0 aromatic heterocycles. The van der Waals surface area contributed by atoms with Gasteiger partial charge in [0.05, 0.1) is 37.6 Å². The first-order valence-corrected chi connectivity index (χ1v) is 12.7. The van der Waals surface area contributed by atoms with Crippen LogP contribution in [0, 0.1) is 5.82 Å². The molecule has 0 amide bonds. The molecule has 2 atom stereocenters. The van der Waals surface area contributed by atoms with Crippen molar-refractivity contribution >= 4 is 17.7 Å². The highest BCUT2D eigenvalue weighted by molar-refractivity contribution is 6.04. The van der Waals surface area contributed by atoms with Crippen LogP contribution in [0.4, 0.5) is 18.9 Å². The summed E-state index contributed by atoms with van der Waals surface area (Å²) in [4.78, 5) is 10.5. The Morgan fingerprint density at radius 3 is 2.67 bits per heavy atom. The Morgan fingerprint density at radius 1 is 1.26 bits per heavy atom. The Balaban J connectivity index is 1.94. The molecule has 214 valence electrons. The number of halogens is 3. The Morgan fingerprint density at radius 2 is 2.03 bits per heavy atom. The van der Waals surface area contributed by atoms with Gasteiger partial charge in [-0.15, -0.1) is 0 Å². The van der Waals surface area contributed by atoms with E-state index in [1.807, 2.05) is 0 Å². The fraction of sp³-hybridized carbons (Fsp3) is 0.500. The summed E-state index contributed by atoms with van der Waals surface area (Å²) in [7, 11) is 6.40. The molecular weight excluding hydrogens is 513 g/mol. The zero-order valence-corrected chi connectivity index (χ0v) is 23.3. The van der Waals surface area contributed by atoms with E-state index in [9.17, 15) is 0 Å². The normalized spacial score (nSPS) is 17.9. The lowest BCUT2D eigenvalue weighted by molar-refractivity contribution is -0.171. The van der Waals surface area contributed by atoms with Crippen LogP contribution >= 0.6 is 0 Å². The van der Waals surface area contributed by atoms with Gasteiger partial charge < -0.3 is 29.2 Å². The summed E-state index contributed by atoms with van der Waals surface area (Å²) >= 11 is 0. The van der Waals surface area contributed by atoms with E-state index in [0.717, 1.165) is 6.07 Å². The summed E-state index contributed by atoms with van der Waals surface area (Å²) in [5.41, 5.74) is 0.478. The molecule has 1 N–H and O–H groups in total. The largest absolute Gasteiger partial charge is 0.493 e. The molecule has 39 heavy (non-hydrogen) atoms. The predicted octanol–water partition coefficient (Wildman–Crippen LogP) is 4.73. The lowest BCUT2D eigenvalue weighted by Gasteiger charge is -2.35.